The molecule has 0 N–H and O–H groups in total. The molecule has 0 bridgehead atoms. The molecule has 1 saturated carbocycles. The van der Waals surface area contributed by atoms with Gasteiger partial charge in [-0.3, -0.25) is 0 Å². The van der Waals surface area contributed by atoms with E-state index in [0.717, 1.165) is 6.42 Å². The molecule has 0 amide bonds. The third kappa shape index (κ3) is 4.27. The van der Waals surface area contributed by atoms with Gasteiger partial charge in [-0.05, 0) is 78.3 Å². The Labute approximate surface area is 186 Å². The Balaban J connectivity index is 1.30. The Kier molecular flexibility index (Phi) is 5.34. The molecule has 31 heavy (non-hydrogen) atoms. The molecular weight excluding hydrogens is 374 g/mol. The zero-order valence-corrected chi connectivity index (χ0v) is 18.4. The van der Waals surface area contributed by atoms with Gasteiger partial charge in [0.2, 0.25) is 0 Å². The Bertz CT molecular complexity index is 1160. The fraction of sp³-hybridized carbons (Fsp3) is 0.200. The maximum atomic E-state index is 2.49. The number of hydrogen-bond donors (Lipinski definition) is 0. The van der Waals surface area contributed by atoms with Gasteiger partial charge in [-0.1, -0.05) is 78.4 Å². The van der Waals surface area contributed by atoms with Gasteiger partial charge in [0.05, 0.1) is 0 Å². The van der Waals surface area contributed by atoms with Crippen LogP contribution in [0.3, 0.4) is 0 Å². The fourth-order valence-electron chi connectivity index (χ4n) is 4.44. The van der Waals surface area contributed by atoms with Crippen LogP contribution in [0.1, 0.15) is 47.4 Å². The van der Waals surface area contributed by atoms with Crippen molar-refractivity contribution < 1.29 is 0 Å². The van der Waals surface area contributed by atoms with Gasteiger partial charge in [-0.15, -0.1) is 0 Å². The summed E-state index contributed by atoms with van der Waals surface area (Å²) in [6, 6.07) is 26.4. The van der Waals surface area contributed by atoms with E-state index < -0.39 is 0 Å². The van der Waals surface area contributed by atoms with E-state index in [1.165, 1.54) is 46.5 Å². The SMILES string of the molecule is Cc1ccc(/C=C/c2ccc(N(C)c3cccc(C4C=C5CCC5=CC4)c3)cc2)cc1. The minimum Gasteiger partial charge on any atom is -0.345 e. The Morgan fingerprint density at radius 2 is 1.45 bits per heavy atom. The van der Waals surface area contributed by atoms with Crippen molar-refractivity contribution in [3.63, 3.8) is 0 Å². The van der Waals surface area contributed by atoms with Gasteiger partial charge < -0.3 is 4.90 Å². The number of anilines is 2. The minimum absolute atomic E-state index is 0.515. The topological polar surface area (TPSA) is 3.24 Å². The van der Waals surface area contributed by atoms with E-state index in [1.54, 1.807) is 11.1 Å². The first-order valence-corrected chi connectivity index (χ1v) is 11.2. The van der Waals surface area contributed by atoms with Crippen LogP contribution in [0.4, 0.5) is 11.4 Å². The van der Waals surface area contributed by atoms with Crippen molar-refractivity contribution in [1.29, 1.82) is 0 Å². The molecule has 0 radical (unpaired) electrons. The van der Waals surface area contributed by atoms with E-state index in [0.29, 0.717) is 5.92 Å². The molecule has 1 heteroatoms. The van der Waals surface area contributed by atoms with Crippen LogP contribution in [0.5, 0.6) is 0 Å². The quantitative estimate of drug-likeness (QED) is 0.389. The molecule has 1 fully saturated rings. The third-order valence-corrected chi connectivity index (χ3v) is 6.61. The van der Waals surface area contributed by atoms with Gasteiger partial charge in [-0.2, -0.15) is 0 Å². The molecule has 0 spiro atoms. The standard InChI is InChI=1S/C30H29N/c1-22-6-8-23(9-7-22)10-11-24-12-18-29(19-13-24)31(2)30-5-3-4-26(21-30)28-17-15-25-14-16-27(25)20-28/h3-13,15,18-21,28H,14,16-17H2,1-2H3/b11-10+. The number of benzene rings is 3. The summed E-state index contributed by atoms with van der Waals surface area (Å²) in [5, 5.41) is 0. The van der Waals surface area contributed by atoms with Crippen LogP contribution >= 0.6 is 0 Å². The van der Waals surface area contributed by atoms with E-state index in [2.05, 4.69) is 116 Å². The molecule has 1 unspecified atom stereocenters. The number of allylic oxidation sites excluding steroid dienone is 4. The van der Waals surface area contributed by atoms with E-state index in [1.807, 2.05) is 0 Å². The number of hydrogen-bond acceptors (Lipinski definition) is 1. The van der Waals surface area contributed by atoms with Gasteiger partial charge in [-0.25, -0.2) is 0 Å². The molecule has 0 aliphatic heterocycles. The van der Waals surface area contributed by atoms with Crippen molar-refractivity contribution in [3.8, 4) is 0 Å². The molecule has 1 nitrogen and oxygen atoms in total. The minimum atomic E-state index is 0.515. The van der Waals surface area contributed by atoms with E-state index in [4.69, 9.17) is 0 Å². The molecule has 3 aromatic rings. The zero-order chi connectivity index (χ0) is 21.2. The summed E-state index contributed by atoms with van der Waals surface area (Å²) in [6.07, 6.45) is 12.9. The highest BCUT2D eigenvalue weighted by Gasteiger charge is 2.23. The molecule has 0 saturated heterocycles. The van der Waals surface area contributed by atoms with Crippen LogP contribution < -0.4 is 4.90 Å². The molecule has 0 heterocycles. The molecular formula is C30H29N. The number of nitrogens with zero attached hydrogens (tertiary/aromatic N) is 1. The number of rotatable bonds is 5. The molecule has 0 aromatic heterocycles. The highest BCUT2D eigenvalue weighted by Crippen LogP contribution is 2.41. The predicted octanol–water partition coefficient (Wildman–Crippen LogP) is 8.07. The first-order valence-electron chi connectivity index (χ1n) is 11.2. The number of aryl methyl sites for hydroxylation is 1. The molecule has 3 aromatic carbocycles. The third-order valence-electron chi connectivity index (χ3n) is 6.61. The van der Waals surface area contributed by atoms with Gasteiger partial charge >= 0.3 is 0 Å². The summed E-state index contributed by atoms with van der Waals surface area (Å²) in [4.78, 5) is 2.28. The lowest BCUT2D eigenvalue weighted by Gasteiger charge is -2.29. The van der Waals surface area contributed by atoms with Gasteiger partial charge in [0.1, 0.15) is 0 Å². The summed E-state index contributed by atoms with van der Waals surface area (Å²) in [5.74, 6) is 0.515. The molecule has 2 aliphatic rings. The summed E-state index contributed by atoms with van der Waals surface area (Å²) in [5.41, 5.74) is 10.7. The monoisotopic (exact) mass is 403 g/mol. The molecule has 1 atom stereocenters. The second-order valence-corrected chi connectivity index (χ2v) is 8.75. The van der Waals surface area contributed by atoms with Gasteiger partial charge in [0.15, 0.2) is 0 Å². The highest BCUT2D eigenvalue weighted by atomic mass is 15.1. The summed E-state index contributed by atoms with van der Waals surface area (Å²) in [6.45, 7) is 2.12. The van der Waals surface area contributed by atoms with Crippen molar-refractivity contribution in [3.05, 3.63) is 118 Å². The average Bonchev–Trinajstić information content (AvgIpc) is 2.79. The maximum absolute atomic E-state index is 2.49. The average molecular weight is 404 g/mol. The smallest absolute Gasteiger partial charge is 0.0411 e. The largest absolute Gasteiger partial charge is 0.345 e. The van der Waals surface area contributed by atoms with Crippen molar-refractivity contribution in [2.45, 2.75) is 32.1 Å². The predicted molar refractivity (Wildman–Crippen MR) is 134 cm³/mol. The van der Waals surface area contributed by atoms with Crippen molar-refractivity contribution >= 4 is 23.5 Å². The Morgan fingerprint density at radius 3 is 2.10 bits per heavy atom. The second-order valence-electron chi connectivity index (χ2n) is 8.75. The Hall–Kier alpha value is -3.32. The van der Waals surface area contributed by atoms with E-state index in [-0.39, 0.29) is 0 Å². The second kappa shape index (κ2) is 8.43. The van der Waals surface area contributed by atoms with E-state index in [9.17, 15) is 0 Å². The summed E-state index contributed by atoms with van der Waals surface area (Å²) in [7, 11) is 2.15. The van der Waals surface area contributed by atoms with Crippen LogP contribution in [0.25, 0.3) is 12.2 Å². The lowest BCUT2D eigenvalue weighted by atomic mass is 9.76. The Morgan fingerprint density at radius 1 is 0.774 bits per heavy atom. The van der Waals surface area contributed by atoms with Crippen LogP contribution in [-0.4, -0.2) is 7.05 Å². The first-order chi connectivity index (χ1) is 15.2. The van der Waals surface area contributed by atoms with Crippen molar-refractivity contribution in [2.75, 3.05) is 11.9 Å². The van der Waals surface area contributed by atoms with Crippen LogP contribution in [-0.2, 0) is 0 Å². The van der Waals surface area contributed by atoms with Crippen molar-refractivity contribution in [2.24, 2.45) is 0 Å². The summed E-state index contributed by atoms with van der Waals surface area (Å²) < 4.78 is 0. The van der Waals surface area contributed by atoms with Gasteiger partial charge in [0, 0.05) is 24.3 Å². The maximum Gasteiger partial charge on any atom is 0.0411 e. The fourth-order valence-corrected chi connectivity index (χ4v) is 4.44. The molecule has 5 rings (SSSR count). The van der Waals surface area contributed by atoms with Gasteiger partial charge in [0.25, 0.3) is 0 Å². The molecule has 2 aliphatic carbocycles. The normalized spacial score (nSPS) is 17.5. The van der Waals surface area contributed by atoms with E-state index >= 15 is 0 Å². The van der Waals surface area contributed by atoms with Crippen molar-refractivity contribution in [1.82, 2.24) is 0 Å². The zero-order valence-electron chi connectivity index (χ0n) is 18.4. The molecule has 154 valence electrons. The lowest BCUT2D eigenvalue weighted by Crippen LogP contribution is -2.12. The lowest BCUT2D eigenvalue weighted by molar-refractivity contribution is 0.732. The van der Waals surface area contributed by atoms with Crippen LogP contribution in [0.15, 0.2) is 96.1 Å². The van der Waals surface area contributed by atoms with Crippen LogP contribution in [0.2, 0.25) is 0 Å². The highest BCUT2D eigenvalue weighted by molar-refractivity contribution is 5.72. The summed E-state index contributed by atoms with van der Waals surface area (Å²) >= 11 is 0. The first kappa shape index (κ1) is 19.6. The number of fused-ring (bicyclic) bond motifs is 1. The van der Waals surface area contributed by atoms with Crippen LogP contribution in [0, 0.1) is 6.92 Å².